The first kappa shape index (κ1) is 11.5. The highest BCUT2D eigenvalue weighted by Crippen LogP contribution is 2.36. The molecule has 2 saturated heterocycles. The molecule has 96 valence electrons. The summed E-state index contributed by atoms with van der Waals surface area (Å²) < 4.78 is 0. The van der Waals surface area contributed by atoms with Crippen LogP contribution in [-0.4, -0.2) is 44.2 Å². The van der Waals surface area contributed by atoms with Crippen LogP contribution in [0.25, 0.3) is 0 Å². The SMILES string of the molecule is O=C(c1cncc(O)c1)N1C2CCC1CC(O)C2. The zero-order valence-electron chi connectivity index (χ0n) is 9.99. The largest absolute Gasteiger partial charge is 0.506 e. The molecule has 2 aliphatic heterocycles. The Labute approximate surface area is 105 Å². The van der Waals surface area contributed by atoms with Gasteiger partial charge in [-0.1, -0.05) is 0 Å². The molecule has 3 rings (SSSR count). The fraction of sp³-hybridized carbons (Fsp3) is 0.538. The number of piperidine rings is 1. The number of nitrogens with zero attached hydrogens (tertiary/aromatic N) is 2. The molecule has 1 aromatic rings. The second kappa shape index (κ2) is 4.24. The van der Waals surface area contributed by atoms with E-state index in [1.165, 1.54) is 18.5 Å². The topological polar surface area (TPSA) is 73.7 Å². The third kappa shape index (κ3) is 1.84. The highest BCUT2D eigenvalue weighted by molar-refractivity contribution is 5.95. The first-order chi connectivity index (χ1) is 8.65. The Kier molecular flexibility index (Phi) is 2.70. The average Bonchev–Trinajstić information content (AvgIpc) is 2.61. The molecular formula is C13H16N2O3. The number of pyridine rings is 1. The van der Waals surface area contributed by atoms with Gasteiger partial charge in [0.05, 0.1) is 17.9 Å². The lowest BCUT2D eigenvalue weighted by Crippen LogP contribution is -2.48. The van der Waals surface area contributed by atoms with Crippen LogP contribution in [0.5, 0.6) is 5.75 Å². The van der Waals surface area contributed by atoms with Crippen molar-refractivity contribution < 1.29 is 15.0 Å². The van der Waals surface area contributed by atoms with Crippen LogP contribution >= 0.6 is 0 Å². The Bertz CT molecular complexity index is 463. The summed E-state index contributed by atoms with van der Waals surface area (Å²) in [5, 5.41) is 19.1. The van der Waals surface area contributed by atoms with E-state index >= 15 is 0 Å². The summed E-state index contributed by atoms with van der Waals surface area (Å²) in [7, 11) is 0. The Hall–Kier alpha value is -1.62. The van der Waals surface area contributed by atoms with E-state index < -0.39 is 0 Å². The lowest BCUT2D eigenvalue weighted by atomic mass is 9.99. The van der Waals surface area contributed by atoms with Gasteiger partial charge >= 0.3 is 0 Å². The van der Waals surface area contributed by atoms with Crippen LogP contribution in [0.2, 0.25) is 0 Å². The zero-order chi connectivity index (χ0) is 12.7. The van der Waals surface area contributed by atoms with Crippen LogP contribution in [0.3, 0.4) is 0 Å². The van der Waals surface area contributed by atoms with Gasteiger partial charge in [0.2, 0.25) is 0 Å². The summed E-state index contributed by atoms with van der Waals surface area (Å²) in [6.07, 6.45) is 5.74. The third-order valence-electron chi connectivity index (χ3n) is 3.91. The number of aromatic hydroxyl groups is 1. The molecule has 5 nitrogen and oxygen atoms in total. The number of hydrogen-bond acceptors (Lipinski definition) is 4. The van der Waals surface area contributed by atoms with Crippen molar-refractivity contribution in [3.05, 3.63) is 24.0 Å². The summed E-state index contributed by atoms with van der Waals surface area (Å²) in [6.45, 7) is 0. The summed E-state index contributed by atoms with van der Waals surface area (Å²) in [5.74, 6) is -0.0805. The highest BCUT2D eigenvalue weighted by atomic mass is 16.3. The van der Waals surface area contributed by atoms with Gasteiger partial charge in [-0.25, -0.2) is 0 Å². The summed E-state index contributed by atoms with van der Waals surface area (Å²) in [5.41, 5.74) is 0.420. The number of rotatable bonds is 1. The molecular weight excluding hydrogens is 232 g/mol. The molecule has 0 saturated carbocycles. The first-order valence-corrected chi connectivity index (χ1v) is 6.30. The maximum atomic E-state index is 12.4. The quantitative estimate of drug-likeness (QED) is 0.775. The molecule has 2 N–H and O–H groups in total. The molecule has 3 heterocycles. The normalized spacial score (nSPS) is 30.5. The Balaban J connectivity index is 1.85. The predicted molar refractivity (Wildman–Crippen MR) is 64.1 cm³/mol. The van der Waals surface area contributed by atoms with E-state index in [0.717, 1.165) is 12.8 Å². The summed E-state index contributed by atoms with van der Waals surface area (Å²) in [6, 6.07) is 1.71. The van der Waals surface area contributed by atoms with Crippen molar-refractivity contribution in [2.45, 2.75) is 43.9 Å². The van der Waals surface area contributed by atoms with Crippen LogP contribution in [0.4, 0.5) is 0 Å². The Morgan fingerprint density at radius 1 is 1.28 bits per heavy atom. The number of carbonyl (C=O) groups excluding carboxylic acids is 1. The van der Waals surface area contributed by atoms with Crippen molar-refractivity contribution in [3.8, 4) is 5.75 Å². The van der Waals surface area contributed by atoms with Crippen LogP contribution in [0.15, 0.2) is 18.5 Å². The van der Waals surface area contributed by atoms with Crippen molar-refractivity contribution in [1.82, 2.24) is 9.88 Å². The molecule has 0 aliphatic carbocycles. The van der Waals surface area contributed by atoms with Crippen molar-refractivity contribution >= 4 is 5.91 Å². The number of amides is 1. The minimum absolute atomic E-state index is 0.00485. The average molecular weight is 248 g/mol. The molecule has 0 radical (unpaired) electrons. The standard InChI is InChI=1S/C13H16N2O3/c16-11-4-9-1-2-10(5-11)15(9)13(18)8-3-12(17)7-14-6-8/h3,6-7,9-11,16-17H,1-2,4-5H2. The van der Waals surface area contributed by atoms with Gasteiger partial charge in [-0.05, 0) is 31.7 Å². The molecule has 0 aromatic carbocycles. The van der Waals surface area contributed by atoms with Crippen LogP contribution in [0.1, 0.15) is 36.0 Å². The van der Waals surface area contributed by atoms with E-state index in [-0.39, 0.29) is 29.8 Å². The molecule has 18 heavy (non-hydrogen) atoms. The molecule has 1 amide bonds. The molecule has 2 aliphatic rings. The second-order valence-corrected chi connectivity index (χ2v) is 5.15. The molecule has 2 unspecified atom stereocenters. The van der Waals surface area contributed by atoms with Gasteiger partial charge in [-0.15, -0.1) is 0 Å². The number of aliphatic hydroxyl groups excluding tert-OH is 1. The number of aliphatic hydroxyl groups is 1. The van der Waals surface area contributed by atoms with Gasteiger partial charge in [0.25, 0.3) is 5.91 Å². The van der Waals surface area contributed by atoms with Crippen LogP contribution in [0, 0.1) is 0 Å². The minimum atomic E-state index is -0.283. The van der Waals surface area contributed by atoms with E-state index in [2.05, 4.69) is 4.98 Å². The lowest BCUT2D eigenvalue weighted by Gasteiger charge is -2.37. The zero-order valence-corrected chi connectivity index (χ0v) is 9.99. The van der Waals surface area contributed by atoms with Crippen molar-refractivity contribution in [2.75, 3.05) is 0 Å². The van der Waals surface area contributed by atoms with E-state index in [9.17, 15) is 15.0 Å². The first-order valence-electron chi connectivity index (χ1n) is 6.30. The Morgan fingerprint density at radius 2 is 1.94 bits per heavy atom. The van der Waals surface area contributed by atoms with Gasteiger partial charge in [0.1, 0.15) is 5.75 Å². The maximum absolute atomic E-state index is 12.4. The Morgan fingerprint density at radius 3 is 2.56 bits per heavy atom. The van der Waals surface area contributed by atoms with Gasteiger partial charge in [-0.3, -0.25) is 9.78 Å². The lowest BCUT2D eigenvalue weighted by molar-refractivity contribution is 0.0286. The van der Waals surface area contributed by atoms with Gasteiger partial charge in [-0.2, -0.15) is 0 Å². The number of fused-ring (bicyclic) bond motifs is 2. The van der Waals surface area contributed by atoms with Crippen LogP contribution < -0.4 is 0 Å². The smallest absolute Gasteiger partial charge is 0.256 e. The van der Waals surface area contributed by atoms with Gasteiger partial charge in [0.15, 0.2) is 0 Å². The summed E-state index contributed by atoms with van der Waals surface area (Å²) in [4.78, 5) is 18.1. The monoisotopic (exact) mass is 248 g/mol. The molecule has 1 aromatic heterocycles. The fourth-order valence-electron chi connectivity index (χ4n) is 3.17. The van der Waals surface area contributed by atoms with Crippen molar-refractivity contribution in [2.24, 2.45) is 0 Å². The van der Waals surface area contributed by atoms with Crippen LogP contribution in [-0.2, 0) is 0 Å². The second-order valence-electron chi connectivity index (χ2n) is 5.15. The van der Waals surface area contributed by atoms with E-state index in [4.69, 9.17) is 0 Å². The summed E-state index contributed by atoms with van der Waals surface area (Å²) >= 11 is 0. The van der Waals surface area contributed by atoms with Gasteiger partial charge < -0.3 is 15.1 Å². The number of carbonyl (C=O) groups is 1. The highest BCUT2D eigenvalue weighted by Gasteiger charge is 2.42. The van der Waals surface area contributed by atoms with Crippen molar-refractivity contribution in [1.29, 1.82) is 0 Å². The predicted octanol–water partition coefficient (Wildman–Crippen LogP) is 0.915. The van der Waals surface area contributed by atoms with Gasteiger partial charge in [0, 0.05) is 18.3 Å². The van der Waals surface area contributed by atoms with E-state index in [1.54, 1.807) is 0 Å². The fourth-order valence-corrected chi connectivity index (χ4v) is 3.17. The molecule has 2 atom stereocenters. The van der Waals surface area contributed by atoms with E-state index in [1.807, 2.05) is 4.90 Å². The third-order valence-corrected chi connectivity index (χ3v) is 3.91. The molecule has 2 bridgehead atoms. The number of hydrogen-bond donors (Lipinski definition) is 2. The minimum Gasteiger partial charge on any atom is -0.506 e. The van der Waals surface area contributed by atoms with Crippen molar-refractivity contribution in [3.63, 3.8) is 0 Å². The maximum Gasteiger partial charge on any atom is 0.256 e. The molecule has 0 spiro atoms. The van der Waals surface area contributed by atoms with E-state index in [0.29, 0.717) is 18.4 Å². The molecule has 2 fully saturated rings. The number of aromatic nitrogens is 1. The molecule has 5 heteroatoms.